The highest BCUT2D eigenvalue weighted by Gasteiger charge is 2.14. The summed E-state index contributed by atoms with van der Waals surface area (Å²) < 4.78 is 0. The number of allylic oxidation sites excluding steroid dienone is 1. The van der Waals surface area contributed by atoms with Crippen LogP contribution in [-0.4, -0.2) is 12.6 Å². The van der Waals surface area contributed by atoms with Crippen molar-refractivity contribution in [3.63, 3.8) is 0 Å². The van der Waals surface area contributed by atoms with Crippen molar-refractivity contribution in [3.8, 4) is 0 Å². The summed E-state index contributed by atoms with van der Waals surface area (Å²) in [5.41, 5.74) is 1.54. The lowest BCUT2D eigenvalue weighted by Gasteiger charge is -2.24. The molecule has 0 atom stereocenters. The third-order valence-electron chi connectivity index (χ3n) is 2.04. The van der Waals surface area contributed by atoms with Gasteiger partial charge in [0.1, 0.15) is 0 Å². The van der Waals surface area contributed by atoms with Gasteiger partial charge in [-0.1, -0.05) is 11.6 Å². The number of hydrogen-bond acceptors (Lipinski definition) is 1. The monoisotopic (exact) mass is 127 g/mol. The van der Waals surface area contributed by atoms with Crippen LogP contribution in [0.1, 0.15) is 27.7 Å². The van der Waals surface area contributed by atoms with E-state index in [2.05, 4.69) is 39.1 Å². The Balaban J connectivity index is 4.14. The molecule has 0 aromatic carbocycles. The van der Waals surface area contributed by atoms with Gasteiger partial charge in [0.05, 0.1) is 0 Å². The summed E-state index contributed by atoms with van der Waals surface area (Å²) in [5.74, 6) is 0. The average Bonchev–Trinajstić information content (AvgIpc) is 1.86. The van der Waals surface area contributed by atoms with Gasteiger partial charge in [0.2, 0.25) is 0 Å². The van der Waals surface area contributed by atoms with Crippen LogP contribution in [0, 0.1) is 0 Å². The normalized spacial score (nSPS) is 14.1. The van der Waals surface area contributed by atoms with E-state index in [0.29, 0.717) is 0 Å². The molecular weight excluding hydrogens is 110 g/mol. The van der Waals surface area contributed by atoms with E-state index in [0.717, 1.165) is 0 Å². The molecule has 0 aliphatic carbocycles. The number of hydrogen-bond donors (Lipinski definition) is 1. The minimum atomic E-state index is 0.161. The Kier molecular flexibility index (Phi) is 2.92. The highest BCUT2D eigenvalue weighted by Crippen LogP contribution is 2.12. The zero-order valence-corrected chi connectivity index (χ0v) is 7.08. The van der Waals surface area contributed by atoms with Gasteiger partial charge >= 0.3 is 0 Å². The van der Waals surface area contributed by atoms with E-state index in [-0.39, 0.29) is 5.54 Å². The van der Waals surface area contributed by atoms with E-state index < -0.39 is 0 Å². The minimum Gasteiger partial charge on any atom is -0.311 e. The van der Waals surface area contributed by atoms with Crippen molar-refractivity contribution in [1.29, 1.82) is 0 Å². The number of rotatable bonds is 2. The summed E-state index contributed by atoms with van der Waals surface area (Å²) in [5, 5.41) is 3.22. The van der Waals surface area contributed by atoms with Crippen LogP contribution in [0.25, 0.3) is 0 Å². The van der Waals surface area contributed by atoms with Gasteiger partial charge in [-0.2, -0.15) is 0 Å². The molecule has 0 aliphatic heterocycles. The van der Waals surface area contributed by atoms with Crippen LogP contribution in [0.4, 0.5) is 0 Å². The van der Waals surface area contributed by atoms with Crippen LogP contribution in [0.3, 0.4) is 0 Å². The smallest absolute Gasteiger partial charge is 0.0331 e. The fourth-order valence-electron chi connectivity index (χ4n) is 0.558. The maximum absolute atomic E-state index is 3.22. The third kappa shape index (κ3) is 2.19. The summed E-state index contributed by atoms with van der Waals surface area (Å²) in [6, 6.07) is 0. The van der Waals surface area contributed by atoms with Crippen molar-refractivity contribution in [2.75, 3.05) is 7.05 Å². The molecule has 0 saturated carbocycles. The zero-order valence-electron chi connectivity index (χ0n) is 7.08. The highest BCUT2D eigenvalue weighted by atomic mass is 14.9. The second-order valence-corrected chi connectivity index (χ2v) is 2.85. The molecule has 0 aromatic rings. The lowest BCUT2D eigenvalue weighted by Crippen LogP contribution is -2.37. The molecule has 9 heavy (non-hydrogen) atoms. The predicted molar refractivity (Wildman–Crippen MR) is 42.6 cm³/mol. The van der Waals surface area contributed by atoms with Crippen LogP contribution in [-0.2, 0) is 0 Å². The first-order valence-electron chi connectivity index (χ1n) is 3.37. The molecule has 1 nitrogen and oxygen atoms in total. The van der Waals surface area contributed by atoms with Crippen molar-refractivity contribution < 1.29 is 0 Å². The Morgan fingerprint density at radius 2 is 1.89 bits per heavy atom. The fourth-order valence-corrected chi connectivity index (χ4v) is 0.558. The molecule has 0 aromatic heterocycles. The Bertz CT molecular complexity index is 112. The molecule has 0 unspecified atom stereocenters. The van der Waals surface area contributed by atoms with Gasteiger partial charge in [-0.05, 0) is 34.7 Å². The lowest BCUT2D eigenvalue weighted by molar-refractivity contribution is 0.496. The number of nitrogens with one attached hydrogen (secondary N) is 1. The van der Waals surface area contributed by atoms with E-state index >= 15 is 0 Å². The molecule has 0 spiro atoms. The van der Waals surface area contributed by atoms with Crippen LogP contribution >= 0.6 is 0 Å². The molecule has 0 radical (unpaired) electrons. The zero-order chi connectivity index (χ0) is 7.49. The molecular formula is C8H17N. The Morgan fingerprint density at radius 1 is 1.44 bits per heavy atom. The SMILES string of the molecule is CC=C(C)C(C)(C)NC. The van der Waals surface area contributed by atoms with E-state index in [9.17, 15) is 0 Å². The minimum absolute atomic E-state index is 0.161. The quantitative estimate of drug-likeness (QED) is 0.559. The fraction of sp³-hybridized carbons (Fsp3) is 0.750. The van der Waals surface area contributed by atoms with Crippen molar-refractivity contribution in [3.05, 3.63) is 11.6 Å². The Morgan fingerprint density at radius 3 is 2.00 bits per heavy atom. The first kappa shape index (κ1) is 8.70. The number of likely N-dealkylation sites (N-methyl/N-ethyl adjacent to an activating group) is 1. The standard InChI is InChI=1S/C8H17N/c1-6-7(2)8(3,4)9-5/h6,9H,1-5H3. The van der Waals surface area contributed by atoms with Crippen LogP contribution in [0.5, 0.6) is 0 Å². The molecule has 1 N–H and O–H groups in total. The Labute approximate surface area is 58.2 Å². The van der Waals surface area contributed by atoms with E-state index in [4.69, 9.17) is 0 Å². The molecule has 0 heterocycles. The van der Waals surface area contributed by atoms with Gasteiger partial charge in [0, 0.05) is 5.54 Å². The molecule has 0 rings (SSSR count). The van der Waals surface area contributed by atoms with E-state index in [1.165, 1.54) is 5.57 Å². The van der Waals surface area contributed by atoms with Crippen molar-refractivity contribution in [1.82, 2.24) is 5.32 Å². The van der Waals surface area contributed by atoms with Gasteiger partial charge in [0.15, 0.2) is 0 Å². The molecule has 0 bridgehead atoms. The largest absolute Gasteiger partial charge is 0.311 e. The predicted octanol–water partition coefficient (Wildman–Crippen LogP) is 1.95. The van der Waals surface area contributed by atoms with Crippen molar-refractivity contribution in [2.45, 2.75) is 33.2 Å². The molecule has 1 heteroatoms. The molecule has 0 saturated heterocycles. The van der Waals surface area contributed by atoms with Crippen LogP contribution < -0.4 is 5.32 Å². The first-order chi connectivity index (χ1) is 4.04. The maximum atomic E-state index is 3.22. The van der Waals surface area contributed by atoms with Gasteiger partial charge in [0.25, 0.3) is 0 Å². The average molecular weight is 127 g/mol. The third-order valence-corrected chi connectivity index (χ3v) is 2.04. The summed E-state index contributed by atoms with van der Waals surface area (Å²) in [4.78, 5) is 0. The van der Waals surface area contributed by atoms with Crippen molar-refractivity contribution >= 4 is 0 Å². The molecule has 0 aliphatic rings. The second kappa shape index (κ2) is 3.02. The summed E-state index contributed by atoms with van der Waals surface area (Å²) in [7, 11) is 1.98. The van der Waals surface area contributed by atoms with Gasteiger partial charge in [-0.15, -0.1) is 0 Å². The maximum Gasteiger partial charge on any atom is 0.0331 e. The van der Waals surface area contributed by atoms with Gasteiger partial charge in [-0.3, -0.25) is 0 Å². The van der Waals surface area contributed by atoms with Gasteiger partial charge < -0.3 is 5.32 Å². The molecule has 0 fully saturated rings. The van der Waals surface area contributed by atoms with Crippen LogP contribution in [0.15, 0.2) is 11.6 Å². The summed E-state index contributed by atoms with van der Waals surface area (Å²) in [6.07, 6.45) is 2.14. The summed E-state index contributed by atoms with van der Waals surface area (Å²) >= 11 is 0. The van der Waals surface area contributed by atoms with Crippen molar-refractivity contribution in [2.24, 2.45) is 0 Å². The highest BCUT2D eigenvalue weighted by molar-refractivity contribution is 5.12. The van der Waals surface area contributed by atoms with Crippen LogP contribution in [0.2, 0.25) is 0 Å². The van der Waals surface area contributed by atoms with E-state index in [1.807, 2.05) is 7.05 Å². The second-order valence-electron chi connectivity index (χ2n) is 2.85. The molecule has 54 valence electrons. The lowest BCUT2D eigenvalue weighted by atomic mass is 9.96. The Hall–Kier alpha value is -0.300. The van der Waals surface area contributed by atoms with Gasteiger partial charge in [-0.25, -0.2) is 0 Å². The topological polar surface area (TPSA) is 12.0 Å². The molecule has 0 amide bonds. The first-order valence-corrected chi connectivity index (χ1v) is 3.37. The summed E-state index contributed by atoms with van der Waals surface area (Å²) in [6.45, 7) is 8.54. The van der Waals surface area contributed by atoms with E-state index in [1.54, 1.807) is 0 Å².